The van der Waals surface area contributed by atoms with E-state index in [1.807, 2.05) is 12.1 Å². The molecule has 2 N–H and O–H groups in total. The Hall–Kier alpha value is -1.35. The SMILES string of the molecule is O=C(NC1CC1)c1cccc2c1CNCC2. The quantitative estimate of drug-likeness (QED) is 0.780. The topological polar surface area (TPSA) is 41.1 Å². The number of fused-ring (bicyclic) bond motifs is 1. The highest BCUT2D eigenvalue weighted by Crippen LogP contribution is 2.22. The van der Waals surface area contributed by atoms with Crippen LogP contribution in [0.5, 0.6) is 0 Å². The molecule has 16 heavy (non-hydrogen) atoms. The predicted molar refractivity (Wildman–Crippen MR) is 62.3 cm³/mol. The molecule has 1 fully saturated rings. The Balaban J connectivity index is 1.89. The van der Waals surface area contributed by atoms with Crippen LogP contribution in [0.1, 0.15) is 34.3 Å². The van der Waals surface area contributed by atoms with E-state index >= 15 is 0 Å². The molecule has 0 saturated heterocycles. The van der Waals surface area contributed by atoms with Gasteiger partial charge in [-0.15, -0.1) is 0 Å². The molecule has 1 aliphatic heterocycles. The Bertz CT molecular complexity index is 424. The second-order valence-corrected chi connectivity index (χ2v) is 4.62. The molecule has 1 amide bonds. The van der Waals surface area contributed by atoms with Crippen LogP contribution in [0.25, 0.3) is 0 Å². The largest absolute Gasteiger partial charge is 0.349 e. The number of hydrogen-bond acceptors (Lipinski definition) is 2. The molecule has 0 atom stereocenters. The van der Waals surface area contributed by atoms with Crippen molar-refractivity contribution in [2.75, 3.05) is 6.54 Å². The van der Waals surface area contributed by atoms with Crippen molar-refractivity contribution in [1.29, 1.82) is 0 Å². The number of amides is 1. The number of nitrogens with one attached hydrogen (secondary N) is 2. The maximum atomic E-state index is 12.0. The first-order chi connectivity index (χ1) is 7.84. The molecule has 1 aromatic carbocycles. The molecule has 0 aromatic heterocycles. The Kier molecular flexibility index (Phi) is 2.40. The summed E-state index contributed by atoms with van der Waals surface area (Å²) in [5.41, 5.74) is 3.37. The normalized spacial score (nSPS) is 19.0. The lowest BCUT2D eigenvalue weighted by atomic mass is 9.95. The first-order valence-electron chi connectivity index (χ1n) is 5.97. The second kappa shape index (κ2) is 3.91. The number of benzene rings is 1. The van der Waals surface area contributed by atoms with Crippen molar-refractivity contribution < 1.29 is 4.79 Å². The molecule has 1 aromatic rings. The summed E-state index contributed by atoms with van der Waals surface area (Å²) in [6, 6.07) is 6.49. The standard InChI is InChI=1S/C13H16N2O/c16-13(15-10-4-5-10)11-3-1-2-9-6-7-14-8-12(9)11/h1-3,10,14H,4-8H2,(H,15,16). The zero-order chi connectivity index (χ0) is 11.0. The summed E-state index contributed by atoms with van der Waals surface area (Å²) in [7, 11) is 0. The highest BCUT2D eigenvalue weighted by atomic mass is 16.1. The zero-order valence-corrected chi connectivity index (χ0v) is 9.25. The minimum absolute atomic E-state index is 0.100. The van der Waals surface area contributed by atoms with Crippen LogP contribution in [0.4, 0.5) is 0 Å². The van der Waals surface area contributed by atoms with Crippen LogP contribution in [0.3, 0.4) is 0 Å². The molecule has 3 rings (SSSR count). The third-order valence-corrected chi connectivity index (χ3v) is 3.30. The average molecular weight is 216 g/mol. The zero-order valence-electron chi connectivity index (χ0n) is 9.25. The van der Waals surface area contributed by atoms with Gasteiger partial charge in [-0.3, -0.25) is 4.79 Å². The van der Waals surface area contributed by atoms with E-state index in [1.165, 1.54) is 11.1 Å². The van der Waals surface area contributed by atoms with Crippen molar-refractivity contribution in [1.82, 2.24) is 10.6 Å². The van der Waals surface area contributed by atoms with Crippen LogP contribution >= 0.6 is 0 Å². The van der Waals surface area contributed by atoms with Gasteiger partial charge in [0, 0.05) is 18.2 Å². The Morgan fingerprint density at radius 3 is 3.06 bits per heavy atom. The lowest BCUT2D eigenvalue weighted by molar-refractivity contribution is 0.0949. The summed E-state index contributed by atoms with van der Waals surface area (Å²) >= 11 is 0. The van der Waals surface area contributed by atoms with Crippen molar-refractivity contribution in [3.05, 3.63) is 34.9 Å². The second-order valence-electron chi connectivity index (χ2n) is 4.62. The van der Waals surface area contributed by atoms with Gasteiger partial charge in [0.15, 0.2) is 0 Å². The third-order valence-electron chi connectivity index (χ3n) is 3.30. The van der Waals surface area contributed by atoms with E-state index in [0.717, 1.165) is 37.9 Å². The van der Waals surface area contributed by atoms with Crippen LogP contribution in [-0.2, 0) is 13.0 Å². The molecular weight excluding hydrogens is 200 g/mol. The van der Waals surface area contributed by atoms with Gasteiger partial charge in [0.2, 0.25) is 0 Å². The maximum absolute atomic E-state index is 12.0. The fraction of sp³-hybridized carbons (Fsp3) is 0.462. The number of rotatable bonds is 2. The highest BCUT2D eigenvalue weighted by molar-refractivity contribution is 5.96. The summed E-state index contributed by atoms with van der Waals surface area (Å²) in [4.78, 5) is 12.0. The molecule has 1 saturated carbocycles. The van der Waals surface area contributed by atoms with Gasteiger partial charge in [-0.25, -0.2) is 0 Å². The van der Waals surface area contributed by atoms with Gasteiger partial charge in [-0.2, -0.15) is 0 Å². The molecule has 0 spiro atoms. The smallest absolute Gasteiger partial charge is 0.251 e. The van der Waals surface area contributed by atoms with E-state index < -0.39 is 0 Å². The van der Waals surface area contributed by atoms with Crippen LogP contribution in [0, 0.1) is 0 Å². The molecule has 1 aliphatic carbocycles. The van der Waals surface area contributed by atoms with Gasteiger partial charge < -0.3 is 10.6 Å². The highest BCUT2D eigenvalue weighted by Gasteiger charge is 2.25. The van der Waals surface area contributed by atoms with Crippen LogP contribution < -0.4 is 10.6 Å². The van der Waals surface area contributed by atoms with E-state index in [-0.39, 0.29) is 5.91 Å². The number of carbonyl (C=O) groups excluding carboxylic acids is 1. The molecule has 0 unspecified atom stereocenters. The van der Waals surface area contributed by atoms with Crippen LogP contribution in [-0.4, -0.2) is 18.5 Å². The van der Waals surface area contributed by atoms with Gasteiger partial charge in [-0.1, -0.05) is 12.1 Å². The molecule has 1 heterocycles. The summed E-state index contributed by atoms with van der Waals surface area (Å²) in [6.07, 6.45) is 3.30. The molecule has 3 heteroatoms. The fourth-order valence-electron chi connectivity index (χ4n) is 2.22. The minimum atomic E-state index is 0.100. The molecule has 2 aliphatic rings. The van der Waals surface area contributed by atoms with Crippen molar-refractivity contribution in [2.24, 2.45) is 0 Å². The fourth-order valence-corrected chi connectivity index (χ4v) is 2.22. The van der Waals surface area contributed by atoms with E-state index in [4.69, 9.17) is 0 Å². The first-order valence-corrected chi connectivity index (χ1v) is 5.97. The van der Waals surface area contributed by atoms with E-state index in [1.54, 1.807) is 0 Å². The van der Waals surface area contributed by atoms with Crippen LogP contribution in [0.2, 0.25) is 0 Å². The maximum Gasteiger partial charge on any atom is 0.251 e. The minimum Gasteiger partial charge on any atom is -0.349 e. The van der Waals surface area contributed by atoms with E-state index in [9.17, 15) is 4.79 Å². The van der Waals surface area contributed by atoms with E-state index in [0.29, 0.717) is 6.04 Å². The van der Waals surface area contributed by atoms with Gasteiger partial charge in [0.1, 0.15) is 0 Å². The lowest BCUT2D eigenvalue weighted by Crippen LogP contribution is -2.30. The molecule has 3 nitrogen and oxygen atoms in total. The Labute approximate surface area is 95.2 Å². The van der Waals surface area contributed by atoms with Crippen LogP contribution in [0.15, 0.2) is 18.2 Å². The Morgan fingerprint density at radius 1 is 1.38 bits per heavy atom. The molecule has 0 radical (unpaired) electrons. The molecule has 0 bridgehead atoms. The average Bonchev–Trinajstić information content (AvgIpc) is 3.12. The monoisotopic (exact) mass is 216 g/mol. The van der Waals surface area contributed by atoms with Crippen molar-refractivity contribution in [3.8, 4) is 0 Å². The summed E-state index contributed by atoms with van der Waals surface area (Å²) in [5.74, 6) is 0.100. The molecular formula is C13H16N2O. The summed E-state index contributed by atoms with van der Waals surface area (Å²) in [6.45, 7) is 1.84. The summed E-state index contributed by atoms with van der Waals surface area (Å²) in [5, 5.41) is 6.38. The van der Waals surface area contributed by atoms with Crippen molar-refractivity contribution >= 4 is 5.91 Å². The number of hydrogen-bond donors (Lipinski definition) is 2. The van der Waals surface area contributed by atoms with Crippen molar-refractivity contribution in [2.45, 2.75) is 31.8 Å². The predicted octanol–water partition coefficient (Wildman–Crippen LogP) is 1.22. The van der Waals surface area contributed by atoms with Crippen molar-refractivity contribution in [3.63, 3.8) is 0 Å². The van der Waals surface area contributed by atoms with Gasteiger partial charge in [-0.05, 0) is 43.0 Å². The molecule has 84 valence electrons. The summed E-state index contributed by atoms with van der Waals surface area (Å²) < 4.78 is 0. The van der Waals surface area contributed by atoms with Gasteiger partial charge >= 0.3 is 0 Å². The van der Waals surface area contributed by atoms with Gasteiger partial charge in [0.25, 0.3) is 5.91 Å². The number of carbonyl (C=O) groups is 1. The van der Waals surface area contributed by atoms with Gasteiger partial charge in [0.05, 0.1) is 0 Å². The third kappa shape index (κ3) is 1.83. The lowest BCUT2D eigenvalue weighted by Gasteiger charge is -2.19. The Morgan fingerprint density at radius 2 is 2.25 bits per heavy atom. The first kappa shape index (κ1) is 9.85. The van der Waals surface area contributed by atoms with E-state index in [2.05, 4.69) is 16.7 Å².